The van der Waals surface area contributed by atoms with Gasteiger partial charge in [0.25, 0.3) is 0 Å². The molecule has 0 aromatic carbocycles. The third kappa shape index (κ3) is 2.30. The van der Waals surface area contributed by atoms with Crippen molar-refractivity contribution in [3.8, 4) is 0 Å². The van der Waals surface area contributed by atoms with Crippen LogP contribution in [-0.4, -0.2) is 14.7 Å². The van der Waals surface area contributed by atoms with E-state index < -0.39 is 6.10 Å². The zero-order chi connectivity index (χ0) is 10.8. The summed E-state index contributed by atoms with van der Waals surface area (Å²) in [4.78, 5) is 5.15. The first-order chi connectivity index (χ1) is 7.18. The second-order valence-electron chi connectivity index (χ2n) is 3.34. The van der Waals surface area contributed by atoms with E-state index in [4.69, 9.17) is 0 Å². The van der Waals surface area contributed by atoms with E-state index in [9.17, 15) is 5.11 Å². The van der Waals surface area contributed by atoms with Crippen molar-refractivity contribution in [1.82, 2.24) is 9.55 Å². The van der Waals surface area contributed by atoms with Gasteiger partial charge in [0.15, 0.2) is 0 Å². The number of aliphatic hydroxyl groups is 1. The molecule has 0 fully saturated rings. The first kappa shape index (κ1) is 10.9. The molecule has 0 saturated heterocycles. The van der Waals surface area contributed by atoms with Gasteiger partial charge in [0.2, 0.25) is 0 Å². The maximum Gasteiger partial charge on any atom is 0.100 e. The van der Waals surface area contributed by atoms with Crippen LogP contribution in [0.25, 0.3) is 0 Å². The molecule has 2 aromatic rings. The van der Waals surface area contributed by atoms with Crippen molar-refractivity contribution in [2.24, 2.45) is 7.05 Å². The Kier molecular flexibility index (Phi) is 3.23. The Morgan fingerprint density at radius 3 is 3.00 bits per heavy atom. The van der Waals surface area contributed by atoms with Crippen LogP contribution in [0.5, 0.6) is 0 Å². The van der Waals surface area contributed by atoms with E-state index >= 15 is 0 Å². The monoisotopic (exact) mass is 286 g/mol. The van der Waals surface area contributed by atoms with E-state index in [2.05, 4.69) is 20.9 Å². The molecule has 0 spiro atoms. The summed E-state index contributed by atoms with van der Waals surface area (Å²) in [5, 5.41) is 12.0. The molecule has 0 saturated carbocycles. The summed E-state index contributed by atoms with van der Waals surface area (Å²) in [5.41, 5.74) is 0.843. The highest BCUT2D eigenvalue weighted by Crippen LogP contribution is 2.27. The first-order valence-corrected chi connectivity index (χ1v) is 6.22. The molecule has 5 heteroatoms. The average molecular weight is 287 g/mol. The minimum Gasteiger partial charge on any atom is -0.386 e. The van der Waals surface area contributed by atoms with Gasteiger partial charge in [-0.1, -0.05) is 0 Å². The maximum absolute atomic E-state index is 10.0. The van der Waals surface area contributed by atoms with Crippen molar-refractivity contribution < 1.29 is 5.11 Å². The van der Waals surface area contributed by atoms with Crippen molar-refractivity contribution in [2.75, 3.05) is 0 Å². The fourth-order valence-electron chi connectivity index (χ4n) is 1.44. The molecule has 3 nitrogen and oxygen atoms in total. The standard InChI is InChI=1S/C10H11BrN2OS/c1-13-6-12-5-8(13)9(14)4-10-7(11)2-3-15-10/h2-3,5-6,9,14H,4H2,1H3. The van der Waals surface area contributed by atoms with Gasteiger partial charge in [-0.15, -0.1) is 11.3 Å². The van der Waals surface area contributed by atoms with E-state index in [-0.39, 0.29) is 0 Å². The molecular weight excluding hydrogens is 276 g/mol. The van der Waals surface area contributed by atoms with Crippen LogP contribution in [0.4, 0.5) is 0 Å². The first-order valence-electron chi connectivity index (χ1n) is 4.54. The largest absolute Gasteiger partial charge is 0.386 e. The smallest absolute Gasteiger partial charge is 0.100 e. The Labute approximate surface area is 101 Å². The number of aryl methyl sites for hydroxylation is 1. The number of aromatic nitrogens is 2. The third-order valence-corrected chi connectivity index (χ3v) is 4.21. The average Bonchev–Trinajstić information content (AvgIpc) is 2.76. The van der Waals surface area contributed by atoms with Crippen molar-refractivity contribution in [3.63, 3.8) is 0 Å². The lowest BCUT2D eigenvalue weighted by Crippen LogP contribution is -2.05. The Morgan fingerprint density at radius 2 is 2.47 bits per heavy atom. The molecule has 1 unspecified atom stereocenters. The quantitative estimate of drug-likeness (QED) is 0.942. The van der Waals surface area contributed by atoms with E-state index in [1.807, 2.05) is 23.1 Å². The molecule has 80 valence electrons. The van der Waals surface area contributed by atoms with Crippen LogP contribution < -0.4 is 0 Å². The number of thiophene rings is 1. The van der Waals surface area contributed by atoms with Gasteiger partial charge in [0.1, 0.15) is 6.10 Å². The number of imidazole rings is 1. The Morgan fingerprint density at radius 1 is 1.67 bits per heavy atom. The van der Waals surface area contributed by atoms with Crippen LogP contribution >= 0.6 is 27.3 Å². The Balaban J connectivity index is 2.14. The van der Waals surface area contributed by atoms with Gasteiger partial charge in [-0.3, -0.25) is 0 Å². The second-order valence-corrected chi connectivity index (χ2v) is 5.20. The molecule has 2 rings (SSSR count). The zero-order valence-corrected chi connectivity index (χ0v) is 10.6. The number of halogens is 1. The molecule has 0 bridgehead atoms. The molecule has 0 amide bonds. The fraction of sp³-hybridized carbons (Fsp3) is 0.300. The highest BCUT2D eigenvalue weighted by molar-refractivity contribution is 9.10. The summed E-state index contributed by atoms with van der Waals surface area (Å²) in [6, 6.07) is 2.00. The predicted octanol–water partition coefficient (Wildman–Crippen LogP) is 2.52. The Bertz CT molecular complexity index is 452. The molecule has 2 heterocycles. The summed E-state index contributed by atoms with van der Waals surface area (Å²) in [5.74, 6) is 0. The Hall–Kier alpha value is -0.650. The van der Waals surface area contributed by atoms with E-state index in [1.54, 1.807) is 23.9 Å². The van der Waals surface area contributed by atoms with Crippen LogP contribution in [0.15, 0.2) is 28.4 Å². The minimum atomic E-state index is -0.493. The van der Waals surface area contributed by atoms with Crippen molar-refractivity contribution in [1.29, 1.82) is 0 Å². The van der Waals surface area contributed by atoms with Crippen molar-refractivity contribution >= 4 is 27.3 Å². The van der Waals surface area contributed by atoms with Crippen LogP contribution in [0.1, 0.15) is 16.7 Å². The summed E-state index contributed by atoms with van der Waals surface area (Å²) >= 11 is 5.10. The second kappa shape index (κ2) is 4.47. The normalized spacial score (nSPS) is 13.0. The van der Waals surface area contributed by atoms with E-state index in [0.29, 0.717) is 6.42 Å². The predicted molar refractivity (Wildman–Crippen MR) is 63.9 cm³/mol. The maximum atomic E-state index is 10.0. The van der Waals surface area contributed by atoms with Crippen LogP contribution in [-0.2, 0) is 13.5 Å². The van der Waals surface area contributed by atoms with Gasteiger partial charge >= 0.3 is 0 Å². The summed E-state index contributed by atoms with van der Waals surface area (Å²) in [7, 11) is 1.88. The highest BCUT2D eigenvalue weighted by Gasteiger charge is 2.14. The van der Waals surface area contributed by atoms with Crippen LogP contribution in [0.2, 0.25) is 0 Å². The van der Waals surface area contributed by atoms with E-state index in [0.717, 1.165) is 15.0 Å². The molecule has 1 atom stereocenters. The fourth-order valence-corrected chi connectivity index (χ4v) is 2.99. The molecule has 15 heavy (non-hydrogen) atoms. The molecule has 0 aliphatic heterocycles. The third-order valence-electron chi connectivity index (χ3n) is 2.27. The lowest BCUT2D eigenvalue weighted by molar-refractivity contribution is 0.171. The highest BCUT2D eigenvalue weighted by atomic mass is 79.9. The van der Waals surface area contributed by atoms with Gasteiger partial charge in [-0.2, -0.15) is 0 Å². The summed E-state index contributed by atoms with van der Waals surface area (Å²) in [6.07, 6.45) is 3.53. The topological polar surface area (TPSA) is 38.0 Å². The van der Waals surface area contributed by atoms with Crippen molar-refractivity contribution in [3.05, 3.63) is 39.0 Å². The summed E-state index contributed by atoms with van der Waals surface area (Å²) in [6.45, 7) is 0. The number of hydrogen-bond acceptors (Lipinski definition) is 3. The number of hydrogen-bond donors (Lipinski definition) is 1. The SMILES string of the molecule is Cn1cncc1C(O)Cc1sccc1Br. The molecular formula is C10H11BrN2OS. The van der Waals surface area contributed by atoms with Gasteiger partial charge in [0, 0.05) is 22.8 Å². The van der Waals surface area contributed by atoms with Gasteiger partial charge in [0.05, 0.1) is 18.2 Å². The number of aliphatic hydroxyl groups excluding tert-OH is 1. The van der Waals surface area contributed by atoms with Crippen molar-refractivity contribution in [2.45, 2.75) is 12.5 Å². The van der Waals surface area contributed by atoms with Crippen LogP contribution in [0.3, 0.4) is 0 Å². The molecule has 0 aliphatic rings. The van der Waals surface area contributed by atoms with Gasteiger partial charge in [-0.25, -0.2) is 4.98 Å². The lowest BCUT2D eigenvalue weighted by Gasteiger charge is -2.10. The van der Waals surface area contributed by atoms with Crippen LogP contribution in [0, 0.1) is 0 Å². The molecule has 0 aliphatic carbocycles. The zero-order valence-electron chi connectivity index (χ0n) is 8.22. The molecule has 2 aromatic heterocycles. The number of rotatable bonds is 3. The van der Waals surface area contributed by atoms with Gasteiger partial charge < -0.3 is 9.67 Å². The molecule has 0 radical (unpaired) electrons. The minimum absolute atomic E-state index is 0.493. The lowest BCUT2D eigenvalue weighted by atomic mass is 10.2. The summed E-state index contributed by atoms with van der Waals surface area (Å²) < 4.78 is 2.90. The van der Waals surface area contributed by atoms with Gasteiger partial charge in [-0.05, 0) is 27.4 Å². The molecule has 1 N–H and O–H groups in total. The van der Waals surface area contributed by atoms with E-state index in [1.165, 1.54) is 0 Å². The number of nitrogens with zero attached hydrogens (tertiary/aromatic N) is 2.